The number of likely N-dealkylation sites (tertiary alicyclic amines) is 1. The SMILES string of the molecule is CC(C)(C)OC(=O)[N+]1(C)CC(Oc2cncc(Br)c2)C1. The molecule has 1 aliphatic heterocycles. The fraction of sp³-hybridized carbons (Fsp3) is 0.571. The van der Waals surface area contributed by atoms with Crippen molar-refractivity contribution in [3.05, 3.63) is 22.9 Å². The second kappa shape index (κ2) is 5.33. The Morgan fingerprint density at radius 2 is 2.05 bits per heavy atom. The van der Waals surface area contributed by atoms with E-state index in [4.69, 9.17) is 9.47 Å². The van der Waals surface area contributed by atoms with Crippen molar-refractivity contribution in [2.24, 2.45) is 0 Å². The van der Waals surface area contributed by atoms with Crippen LogP contribution in [0.2, 0.25) is 0 Å². The topological polar surface area (TPSA) is 48.4 Å². The number of halogens is 1. The first kappa shape index (κ1) is 15.3. The molecule has 0 atom stereocenters. The number of rotatable bonds is 2. The molecular formula is C14H20BrN2O3+. The predicted octanol–water partition coefficient (Wildman–Crippen LogP) is 2.99. The lowest BCUT2D eigenvalue weighted by Crippen LogP contribution is -2.69. The Morgan fingerprint density at radius 1 is 1.40 bits per heavy atom. The second-order valence-electron chi connectivity index (χ2n) is 6.32. The number of carbonyl (C=O) groups is 1. The largest absolute Gasteiger partial charge is 0.516 e. The molecule has 2 rings (SSSR count). The van der Waals surface area contributed by atoms with Gasteiger partial charge in [-0.1, -0.05) is 0 Å². The van der Waals surface area contributed by atoms with Crippen LogP contribution in [-0.2, 0) is 4.74 Å². The Bertz CT molecular complexity index is 507. The molecule has 110 valence electrons. The summed E-state index contributed by atoms with van der Waals surface area (Å²) in [6, 6.07) is 1.86. The van der Waals surface area contributed by atoms with E-state index in [0.717, 1.165) is 4.47 Å². The van der Waals surface area contributed by atoms with E-state index in [0.29, 0.717) is 18.8 Å². The summed E-state index contributed by atoms with van der Waals surface area (Å²) in [5, 5.41) is 0. The van der Waals surface area contributed by atoms with Gasteiger partial charge in [0.2, 0.25) is 0 Å². The molecule has 1 aliphatic rings. The minimum atomic E-state index is -0.460. The molecule has 20 heavy (non-hydrogen) atoms. The Morgan fingerprint density at radius 3 is 2.60 bits per heavy atom. The molecule has 0 saturated carbocycles. The Kier molecular flexibility index (Phi) is 4.07. The third-order valence-corrected chi connectivity index (χ3v) is 3.46. The molecule has 0 radical (unpaired) electrons. The fourth-order valence-electron chi connectivity index (χ4n) is 2.09. The zero-order valence-electron chi connectivity index (χ0n) is 12.2. The predicted molar refractivity (Wildman–Crippen MR) is 78.5 cm³/mol. The number of pyridine rings is 1. The molecule has 0 N–H and O–H groups in total. The zero-order valence-corrected chi connectivity index (χ0v) is 13.8. The zero-order chi connectivity index (χ0) is 15.0. The maximum atomic E-state index is 12.1. The van der Waals surface area contributed by atoms with Crippen LogP contribution in [0.5, 0.6) is 5.75 Å². The molecule has 0 spiro atoms. The van der Waals surface area contributed by atoms with E-state index in [1.165, 1.54) is 0 Å². The van der Waals surface area contributed by atoms with Crippen LogP contribution in [0, 0.1) is 0 Å². The average molecular weight is 344 g/mol. The van der Waals surface area contributed by atoms with Crippen LogP contribution >= 0.6 is 15.9 Å². The van der Waals surface area contributed by atoms with Crippen molar-refractivity contribution in [1.82, 2.24) is 4.98 Å². The number of nitrogens with zero attached hydrogens (tertiary/aromatic N) is 2. The molecule has 0 aromatic carbocycles. The van der Waals surface area contributed by atoms with E-state index in [2.05, 4.69) is 20.9 Å². The number of likely N-dealkylation sites (N-methyl/N-ethyl adjacent to an activating group) is 1. The third kappa shape index (κ3) is 3.70. The average Bonchev–Trinajstić information content (AvgIpc) is 2.24. The van der Waals surface area contributed by atoms with E-state index in [1.54, 1.807) is 12.4 Å². The van der Waals surface area contributed by atoms with Gasteiger partial charge in [-0.3, -0.25) is 4.98 Å². The van der Waals surface area contributed by atoms with Gasteiger partial charge in [-0.15, -0.1) is 0 Å². The Balaban J connectivity index is 1.88. The summed E-state index contributed by atoms with van der Waals surface area (Å²) in [6.07, 6.45) is 3.18. The van der Waals surface area contributed by atoms with Gasteiger partial charge in [0.25, 0.3) is 0 Å². The first-order valence-corrected chi connectivity index (χ1v) is 7.33. The van der Waals surface area contributed by atoms with Crippen molar-refractivity contribution in [2.45, 2.75) is 32.5 Å². The van der Waals surface area contributed by atoms with Crippen LogP contribution in [-0.4, -0.2) is 47.4 Å². The minimum Gasteiger partial charge on any atom is -0.477 e. The van der Waals surface area contributed by atoms with Gasteiger partial charge in [-0.05, 0) is 42.8 Å². The number of amides is 1. The highest BCUT2D eigenvalue weighted by atomic mass is 79.9. The van der Waals surface area contributed by atoms with Gasteiger partial charge in [0, 0.05) is 10.7 Å². The lowest BCUT2D eigenvalue weighted by Gasteiger charge is -2.43. The summed E-state index contributed by atoms with van der Waals surface area (Å²) in [5.74, 6) is 0.708. The number of hydrogen-bond acceptors (Lipinski definition) is 4. The van der Waals surface area contributed by atoms with E-state index in [9.17, 15) is 4.79 Å². The molecule has 1 aromatic rings. The molecule has 1 saturated heterocycles. The number of quaternary nitrogens is 1. The number of ether oxygens (including phenoxy) is 2. The molecule has 0 unspecified atom stereocenters. The number of carbonyl (C=O) groups excluding carboxylic acids is 1. The Labute approximate surface area is 127 Å². The van der Waals surface area contributed by atoms with Gasteiger partial charge in [-0.25, -0.2) is 4.48 Å². The first-order valence-electron chi connectivity index (χ1n) is 6.53. The third-order valence-electron chi connectivity index (χ3n) is 3.03. The van der Waals surface area contributed by atoms with Crippen LogP contribution in [0.4, 0.5) is 4.79 Å². The standard InChI is InChI=1S/C14H20BrN2O3/c1-14(2,3)20-13(18)17(4)8-12(9-17)19-11-5-10(15)6-16-7-11/h5-7,12H,8-9H2,1-4H3/q+1. The lowest BCUT2D eigenvalue weighted by molar-refractivity contribution is -0.887. The van der Waals surface area contributed by atoms with Crippen LogP contribution < -0.4 is 4.74 Å². The van der Waals surface area contributed by atoms with Gasteiger partial charge in [0.1, 0.15) is 24.4 Å². The van der Waals surface area contributed by atoms with E-state index < -0.39 is 5.60 Å². The van der Waals surface area contributed by atoms with Crippen LogP contribution in [0.15, 0.2) is 22.9 Å². The van der Waals surface area contributed by atoms with E-state index in [-0.39, 0.29) is 16.7 Å². The molecule has 0 bridgehead atoms. The van der Waals surface area contributed by atoms with Crippen molar-refractivity contribution >= 4 is 22.0 Å². The van der Waals surface area contributed by atoms with Crippen molar-refractivity contribution in [3.63, 3.8) is 0 Å². The Hall–Kier alpha value is -1.14. The maximum Gasteiger partial charge on any atom is 0.516 e. The highest BCUT2D eigenvalue weighted by molar-refractivity contribution is 9.10. The van der Waals surface area contributed by atoms with Gasteiger partial charge in [-0.2, -0.15) is 4.79 Å². The molecule has 1 fully saturated rings. The van der Waals surface area contributed by atoms with Crippen molar-refractivity contribution in [3.8, 4) is 5.75 Å². The summed E-state index contributed by atoms with van der Waals surface area (Å²) in [4.78, 5) is 16.1. The smallest absolute Gasteiger partial charge is 0.477 e. The first-order chi connectivity index (χ1) is 9.18. The molecule has 2 heterocycles. The van der Waals surface area contributed by atoms with Crippen molar-refractivity contribution < 1.29 is 18.8 Å². The summed E-state index contributed by atoms with van der Waals surface area (Å²) >= 11 is 3.35. The van der Waals surface area contributed by atoms with Crippen LogP contribution in [0.1, 0.15) is 20.8 Å². The maximum absolute atomic E-state index is 12.1. The van der Waals surface area contributed by atoms with Gasteiger partial charge in [0.05, 0.1) is 13.2 Å². The van der Waals surface area contributed by atoms with Crippen LogP contribution in [0.25, 0.3) is 0 Å². The monoisotopic (exact) mass is 343 g/mol. The lowest BCUT2D eigenvalue weighted by atomic mass is 10.1. The normalized spacial score (nSPS) is 25.8. The highest BCUT2D eigenvalue weighted by Gasteiger charge is 2.50. The fourth-order valence-corrected chi connectivity index (χ4v) is 2.43. The molecule has 0 aliphatic carbocycles. The number of aromatic nitrogens is 1. The van der Waals surface area contributed by atoms with Gasteiger partial charge >= 0.3 is 6.09 Å². The molecule has 1 amide bonds. The molecular weight excluding hydrogens is 324 g/mol. The summed E-state index contributed by atoms with van der Waals surface area (Å²) in [7, 11) is 1.87. The van der Waals surface area contributed by atoms with Gasteiger partial charge in [0.15, 0.2) is 6.10 Å². The summed E-state index contributed by atoms with van der Waals surface area (Å²) in [5.41, 5.74) is -0.460. The quantitative estimate of drug-likeness (QED) is 0.774. The molecule has 5 nitrogen and oxygen atoms in total. The van der Waals surface area contributed by atoms with Gasteiger partial charge < -0.3 is 9.47 Å². The second-order valence-corrected chi connectivity index (χ2v) is 7.24. The number of hydrogen-bond donors (Lipinski definition) is 0. The summed E-state index contributed by atoms with van der Waals surface area (Å²) in [6.45, 7) is 6.84. The van der Waals surface area contributed by atoms with Crippen LogP contribution in [0.3, 0.4) is 0 Å². The van der Waals surface area contributed by atoms with Crippen molar-refractivity contribution in [2.75, 3.05) is 20.1 Å². The molecule has 1 aromatic heterocycles. The van der Waals surface area contributed by atoms with E-state index >= 15 is 0 Å². The van der Waals surface area contributed by atoms with Crippen molar-refractivity contribution in [1.29, 1.82) is 0 Å². The van der Waals surface area contributed by atoms with E-state index in [1.807, 2.05) is 33.9 Å². The minimum absolute atomic E-state index is 0.0172. The highest BCUT2D eigenvalue weighted by Crippen LogP contribution is 2.26. The summed E-state index contributed by atoms with van der Waals surface area (Å²) < 4.78 is 12.3. The molecule has 6 heteroatoms.